The van der Waals surface area contributed by atoms with Gasteiger partial charge in [-0.05, 0) is 42.3 Å². The lowest BCUT2D eigenvalue weighted by Crippen LogP contribution is -2.27. The lowest BCUT2D eigenvalue weighted by Gasteiger charge is -2.04. The molecule has 3 aromatic heterocycles. The van der Waals surface area contributed by atoms with Crippen molar-refractivity contribution < 1.29 is 4.79 Å². The molecule has 1 N–H and O–H groups in total. The number of halogens is 1. The number of hydrogen-bond donors (Lipinski definition) is 1. The number of hydrogen-bond acceptors (Lipinski definition) is 4. The van der Waals surface area contributed by atoms with Crippen LogP contribution < -0.4 is 5.32 Å². The molecule has 7 nitrogen and oxygen atoms in total. The van der Waals surface area contributed by atoms with Crippen LogP contribution in [0.2, 0.25) is 5.02 Å². The van der Waals surface area contributed by atoms with Crippen LogP contribution in [0, 0.1) is 6.92 Å². The Labute approximate surface area is 189 Å². The molecule has 0 unspecified atom stereocenters. The summed E-state index contributed by atoms with van der Waals surface area (Å²) in [5.74, 6) is 0.600. The minimum atomic E-state index is -0.207. The summed E-state index contributed by atoms with van der Waals surface area (Å²) < 4.78 is 3.81. The van der Waals surface area contributed by atoms with Crippen LogP contribution in [0.3, 0.4) is 0 Å². The van der Waals surface area contributed by atoms with E-state index in [0.717, 1.165) is 33.5 Å². The van der Waals surface area contributed by atoms with Crippen LogP contribution in [0.4, 0.5) is 0 Å². The number of para-hydroxylation sites is 1. The van der Waals surface area contributed by atoms with E-state index in [1.165, 1.54) is 0 Å². The molecule has 0 spiro atoms. The first-order valence-corrected chi connectivity index (χ1v) is 10.8. The van der Waals surface area contributed by atoms with E-state index in [2.05, 4.69) is 20.6 Å². The molecule has 0 radical (unpaired) electrons. The van der Waals surface area contributed by atoms with Crippen molar-refractivity contribution in [3.05, 3.63) is 94.5 Å². The summed E-state index contributed by atoms with van der Waals surface area (Å²) in [5.41, 5.74) is 4.28. The topological polar surface area (TPSA) is 77.1 Å². The second kappa shape index (κ2) is 8.43. The van der Waals surface area contributed by atoms with Gasteiger partial charge in [0, 0.05) is 29.6 Å². The summed E-state index contributed by atoms with van der Waals surface area (Å²) in [5, 5.41) is 17.6. The van der Waals surface area contributed by atoms with Gasteiger partial charge in [0.05, 0.1) is 12.1 Å². The van der Waals surface area contributed by atoms with Gasteiger partial charge in [0.25, 0.3) is 5.91 Å². The highest BCUT2D eigenvalue weighted by Crippen LogP contribution is 2.20. The highest BCUT2D eigenvalue weighted by Gasteiger charge is 2.17. The van der Waals surface area contributed by atoms with Crippen molar-refractivity contribution in [1.29, 1.82) is 0 Å². The van der Waals surface area contributed by atoms with Gasteiger partial charge in [0.2, 0.25) is 0 Å². The van der Waals surface area contributed by atoms with Gasteiger partial charge in [0.1, 0.15) is 5.82 Å². The Balaban J connectivity index is 1.34. The summed E-state index contributed by atoms with van der Waals surface area (Å²) in [6, 6.07) is 19.4. The van der Waals surface area contributed by atoms with E-state index >= 15 is 0 Å². The molecule has 8 heteroatoms. The SMILES string of the molecule is Cc1cccn2c(CCNC(=O)c3nn(Cc4ccc(Cl)cc4)c4ccccc34)nnc12. The number of benzene rings is 2. The molecule has 3 heterocycles. The van der Waals surface area contributed by atoms with E-state index in [0.29, 0.717) is 30.2 Å². The number of rotatable bonds is 6. The fourth-order valence-corrected chi connectivity index (χ4v) is 3.94. The third-order valence-corrected chi connectivity index (χ3v) is 5.71. The molecule has 5 aromatic rings. The van der Waals surface area contributed by atoms with Crippen LogP contribution in [0.5, 0.6) is 0 Å². The predicted octanol–water partition coefficient (Wildman–Crippen LogP) is 4.06. The molecule has 5 rings (SSSR count). The Kier molecular flexibility index (Phi) is 5.33. The minimum absolute atomic E-state index is 0.207. The molecule has 0 aliphatic heterocycles. The molecule has 0 aliphatic carbocycles. The van der Waals surface area contributed by atoms with Gasteiger partial charge in [0.15, 0.2) is 11.3 Å². The highest BCUT2D eigenvalue weighted by molar-refractivity contribution is 6.30. The quantitative estimate of drug-likeness (QED) is 0.428. The third-order valence-electron chi connectivity index (χ3n) is 5.45. The number of carbonyl (C=O) groups excluding carboxylic acids is 1. The van der Waals surface area contributed by atoms with Gasteiger partial charge >= 0.3 is 0 Å². The zero-order chi connectivity index (χ0) is 22.1. The van der Waals surface area contributed by atoms with Crippen molar-refractivity contribution in [1.82, 2.24) is 29.7 Å². The Bertz CT molecular complexity index is 1420. The largest absolute Gasteiger partial charge is 0.350 e. The lowest BCUT2D eigenvalue weighted by atomic mass is 10.2. The molecule has 0 saturated heterocycles. The van der Waals surface area contributed by atoms with Gasteiger partial charge in [-0.3, -0.25) is 13.9 Å². The minimum Gasteiger partial charge on any atom is -0.350 e. The Hall–Kier alpha value is -3.71. The van der Waals surface area contributed by atoms with E-state index in [4.69, 9.17) is 11.6 Å². The van der Waals surface area contributed by atoms with Crippen molar-refractivity contribution >= 4 is 34.1 Å². The maximum Gasteiger partial charge on any atom is 0.272 e. The fraction of sp³-hybridized carbons (Fsp3) is 0.167. The molecule has 0 aliphatic rings. The zero-order valence-corrected chi connectivity index (χ0v) is 18.3. The normalized spacial score (nSPS) is 11.3. The van der Waals surface area contributed by atoms with Crippen LogP contribution in [0.15, 0.2) is 66.9 Å². The van der Waals surface area contributed by atoms with Crippen molar-refractivity contribution in [2.45, 2.75) is 19.9 Å². The molecule has 0 atom stereocenters. The zero-order valence-electron chi connectivity index (χ0n) is 17.5. The van der Waals surface area contributed by atoms with Crippen LogP contribution in [0.25, 0.3) is 16.6 Å². The van der Waals surface area contributed by atoms with Crippen LogP contribution in [0.1, 0.15) is 27.4 Å². The fourth-order valence-electron chi connectivity index (χ4n) is 3.82. The number of pyridine rings is 1. The van der Waals surface area contributed by atoms with E-state index in [-0.39, 0.29) is 5.91 Å². The number of amides is 1. The Morgan fingerprint density at radius 1 is 1.03 bits per heavy atom. The van der Waals surface area contributed by atoms with Gasteiger partial charge in [-0.15, -0.1) is 10.2 Å². The second-order valence-electron chi connectivity index (χ2n) is 7.66. The molecular weight excluding hydrogens is 424 g/mol. The third kappa shape index (κ3) is 3.83. The summed E-state index contributed by atoms with van der Waals surface area (Å²) >= 11 is 6.00. The first-order chi connectivity index (χ1) is 15.6. The van der Waals surface area contributed by atoms with Gasteiger partial charge in [-0.1, -0.05) is 48.0 Å². The molecule has 0 fully saturated rings. The first kappa shape index (κ1) is 20.2. The van der Waals surface area contributed by atoms with Gasteiger partial charge in [-0.25, -0.2) is 0 Å². The number of aromatic nitrogens is 5. The number of nitrogens with one attached hydrogen (secondary N) is 1. The monoisotopic (exact) mass is 444 g/mol. The molecule has 2 aromatic carbocycles. The highest BCUT2D eigenvalue weighted by atomic mass is 35.5. The van der Waals surface area contributed by atoms with Gasteiger partial charge in [-0.2, -0.15) is 5.10 Å². The van der Waals surface area contributed by atoms with Crippen LogP contribution in [-0.2, 0) is 13.0 Å². The van der Waals surface area contributed by atoms with E-state index in [1.807, 2.05) is 82.9 Å². The number of nitrogens with zero attached hydrogens (tertiary/aromatic N) is 5. The lowest BCUT2D eigenvalue weighted by molar-refractivity contribution is 0.0949. The molecule has 0 saturated carbocycles. The standard InChI is InChI=1S/C24H21ClN6O/c1-16-5-4-14-30-21(27-28-23(16)30)12-13-26-24(32)22-19-6-2-3-7-20(19)31(29-22)15-17-8-10-18(25)11-9-17/h2-11,14H,12-13,15H2,1H3,(H,26,32). The van der Waals surface area contributed by atoms with E-state index in [1.54, 1.807) is 0 Å². The number of fused-ring (bicyclic) bond motifs is 2. The maximum absolute atomic E-state index is 13.0. The second-order valence-corrected chi connectivity index (χ2v) is 8.09. The van der Waals surface area contributed by atoms with Crippen LogP contribution in [-0.4, -0.2) is 36.8 Å². The van der Waals surface area contributed by atoms with Crippen LogP contribution >= 0.6 is 11.6 Å². The smallest absolute Gasteiger partial charge is 0.272 e. The van der Waals surface area contributed by atoms with Gasteiger partial charge < -0.3 is 5.32 Å². The predicted molar refractivity (Wildman–Crippen MR) is 124 cm³/mol. The average molecular weight is 445 g/mol. The van der Waals surface area contributed by atoms with E-state index < -0.39 is 0 Å². The van der Waals surface area contributed by atoms with Crippen molar-refractivity contribution in [3.63, 3.8) is 0 Å². The molecule has 160 valence electrons. The van der Waals surface area contributed by atoms with Crippen molar-refractivity contribution in [2.75, 3.05) is 6.54 Å². The summed E-state index contributed by atoms with van der Waals surface area (Å²) in [6.45, 7) is 2.99. The Morgan fingerprint density at radius 2 is 1.84 bits per heavy atom. The molecule has 0 bridgehead atoms. The Morgan fingerprint density at radius 3 is 2.69 bits per heavy atom. The van der Waals surface area contributed by atoms with Crippen molar-refractivity contribution in [3.8, 4) is 0 Å². The molecular formula is C24H21ClN6O. The number of carbonyl (C=O) groups is 1. The molecule has 1 amide bonds. The first-order valence-electron chi connectivity index (χ1n) is 10.4. The molecule has 32 heavy (non-hydrogen) atoms. The van der Waals surface area contributed by atoms with E-state index in [9.17, 15) is 4.79 Å². The summed E-state index contributed by atoms with van der Waals surface area (Å²) in [4.78, 5) is 13.0. The summed E-state index contributed by atoms with van der Waals surface area (Å²) in [6.07, 6.45) is 2.51. The van der Waals surface area contributed by atoms with Crippen molar-refractivity contribution in [2.24, 2.45) is 0 Å². The number of aryl methyl sites for hydroxylation is 1. The summed E-state index contributed by atoms with van der Waals surface area (Å²) in [7, 11) is 0. The average Bonchev–Trinajstić information content (AvgIpc) is 3.38. The maximum atomic E-state index is 13.0.